The SMILES string of the molecule is CCn1c2ccccc2c2cc(NC(=O)C3C/C(=N\OC)CN3C(=O)CC(C)=O)ccc21. The summed E-state index contributed by atoms with van der Waals surface area (Å²) >= 11 is 0. The highest BCUT2D eigenvalue weighted by Gasteiger charge is 2.38. The Morgan fingerprint density at radius 3 is 2.59 bits per heavy atom. The number of carbonyl (C=O) groups excluding carboxylic acids is 3. The van der Waals surface area contributed by atoms with Crippen LogP contribution in [-0.2, 0) is 25.8 Å². The number of nitrogens with zero attached hydrogens (tertiary/aromatic N) is 3. The number of oxime groups is 1. The van der Waals surface area contributed by atoms with Crippen LogP contribution in [0.3, 0.4) is 0 Å². The molecule has 1 saturated heterocycles. The van der Waals surface area contributed by atoms with Crippen molar-refractivity contribution in [2.24, 2.45) is 5.16 Å². The van der Waals surface area contributed by atoms with Gasteiger partial charge in [-0.05, 0) is 38.1 Å². The van der Waals surface area contributed by atoms with Crippen molar-refractivity contribution in [3.8, 4) is 0 Å². The molecule has 1 aliphatic rings. The number of fused-ring (bicyclic) bond motifs is 3. The van der Waals surface area contributed by atoms with Gasteiger partial charge in [-0.25, -0.2) is 0 Å². The summed E-state index contributed by atoms with van der Waals surface area (Å²) in [7, 11) is 1.42. The van der Waals surface area contributed by atoms with Crippen LogP contribution in [-0.4, -0.2) is 52.5 Å². The molecule has 1 N–H and O–H groups in total. The number of hydrogen-bond donors (Lipinski definition) is 1. The zero-order chi connectivity index (χ0) is 22.8. The van der Waals surface area contributed by atoms with E-state index in [2.05, 4.69) is 34.1 Å². The zero-order valence-electron chi connectivity index (χ0n) is 18.4. The molecule has 0 radical (unpaired) electrons. The van der Waals surface area contributed by atoms with E-state index in [9.17, 15) is 14.4 Å². The summed E-state index contributed by atoms with van der Waals surface area (Å²) in [6.07, 6.45) is 0.0211. The minimum atomic E-state index is -0.747. The predicted molar refractivity (Wildman–Crippen MR) is 124 cm³/mol. The van der Waals surface area contributed by atoms with Gasteiger partial charge in [0.15, 0.2) is 0 Å². The molecule has 8 heteroatoms. The second-order valence-corrected chi connectivity index (χ2v) is 7.94. The van der Waals surface area contributed by atoms with Gasteiger partial charge in [0.25, 0.3) is 0 Å². The number of benzene rings is 2. The van der Waals surface area contributed by atoms with E-state index >= 15 is 0 Å². The number of Topliss-reactive ketones (excluding diaryl/α,β-unsaturated/α-hetero) is 1. The molecule has 0 saturated carbocycles. The zero-order valence-corrected chi connectivity index (χ0v) is 18.4. The van der Waals surface area contributed by atoms with Crippen molar-refractivity contribution < 1.29 is 19.2 Å². The molecular weight excluding hydrogens is 408 g/mol. The van der Waals surface area contributed by atoms with Crippen molar-refractivity contribution in [3.05, 3.63) is 42.5 Å². The Morgan fingerprint density at radius 2 is 1.88 bits per heavy atom. The van der Waals surface area contributed by atoms with E-state index in [1.807, 2.05) is 30.3 Å². The van der Waals surface area contributed by atoms with Crippen molar-refractivity contribution in [3.63, 3.8) is 0 Å². The summed E-state index contributed by atoms with van der Waals surface area (Å²) in [6.45, 7) is 4.47. The Balaban J connectivity index is 1.63. The number of likely N-dealkylation sites (tertiary alicyclic amines) is 1. The highest BCUT2D eigenvalue weighted by atomic mass is 16.6. The molecule has 2 amide bonds. The summed E-state index contributed by atoms with van der Waals surface area (Å²) in [5.41, 5.74) is 3.48. The van der Waals surface area contributed by atoms with Gasteiger partial charge in [0, 0.05) is 40.5 Å². The lowest BCUT2D eigenvalue weighted by Gasteiger charge is -2.23. The van der Waals surface area contributed by atoms with Gasteiger partial charge in [0.2, 0.25) is 11.8 Å². The molecule has 1 unspecified atom stereocenters. The molecule has 32 heavy (non-hydrogen) atoms. The van der Waals surface area contributed by atoms with Crippen LogP contribution in [0.5, 0.6) is 0 Å². The number of carbonyl (C=O) groups is 3. The largest absolute Gasteiger partial charge is 0.399 e. The maximum atomic E-state index is 13.1. The van der Waals surface area contributed by atoms with E-state index < -0.39 is 6.04 Å². The number of aryl methyl sites for hydroxylation is 1. The molecule has 8 nitrogen and oxygen atoms in total. The molecule has 2 aromatic carbocycles. The van der Waals surface area contributed by atoms with Crippen molar-refractivity contribution in [2.45, 2.75) is 39.3 Å². The quantitative estimate of drug-likeness (QED) is 0.476. The predicted octanol–water partition coefficient (Wildman–Crippen LogP) is 3.34. The number of ketones is 1. The lowest BCUT2D eigenvalue weighted by molar-refractivity contribution is -0.139. The summed E-state index contributed by atoms with van der Waals surface area (Å²) in [6, 6.07) is 13.3. The molecule has 1 fully saturated rings. The standard InChI is InChI=1S/C24H26N4O4/c1-4-27-20-8-6-5-7-18(20)19-12-16(9-10-21(19)27)25-24(31)22-13-17(26-32-3)14-28(22)23(30)11-15(2)29/h5-10,12,22H,4,11,13-14H2,1-3H3,(H,25,31)/b26-17+. The third kappa shape index (κ3) is 3.95. The van der Waals surface area contributed by atoms with Crippen LogP contribution < -0.4 is 5.32 Å². The Bertz CT molecular complexity index is 1240. The molecule has 1 aromatic heterocycles. The van der Waals surface area contributed by atoms with E-state index in [0.717, 1.165) is 28.4 Å². The average Bonchev–Trinajstić information content (AvgIpc) is 3.33. The van der Waals surface area contributed by atoms with Gasteiger partial charge in [-0.15, -0.1) is 0 Å². The van der Waals surface area contributed by atoms with Crippen molar-refractivity contribution in [1.82, 2.24) is 9.47 Å². The van der Waals surface area contributed by atoms with E-state index in [4.69, 9.17) is 4.84 Å². The number of hydrogen-bond acceptors (Lipinski definition) is 5. The van der Waals surface area contributed by atoms with Crippen LogP contribution >= 0.6 is 0 Å². The van der Waals surface area contributed by atoms with Crippen molar-refractivity contribution in [2.75, 3.05) is 19.0 Å². The average molecular weight is 434 g/mol. The fourth-order valence-electron chi connectivity index (χ4n) is 4.41. The van der Waals surface area contributed by atoms with Gasteiger partial charge >= 0.3 is 0 Å². The minimum Gasteiger partial charge on any atom is -0.399 e. The topological polar surface area (TPSA) is 93.0 Å². The van der Waals surface area contributed by atoms with Gasteiger partial charge in [-0.2, -0.15) is 0 Å². The van der Waals surface area contributed by atoms with Crippen LogP contribution in [0.1, 0.15) is 26.7 Å². The highest BCUT2D eigenvalue weighted by Crippen LogP contribution is 2.31. The van der Waals surface area contributed by atoms with Gasteiger partial charge in [-0.1, -0.05) is 23.4 Å². The Kier molecular flexibility index (Phi) is 5.94. The number of anilines is 1. The number of para-hydroxylation sites is 1. The van der Waals surface area contributed by atoms with E-state index in [1.165, 1.54) is 18.9 Å². The maximum absolute atomic E-state index is 13.1. The third-order valence-electron chi connectivity index (χ3n) is 5.76. The first-order valence-corrected chi connectivity index (χ1v) is 10.6. The lowest BCUT2D eigenvalue weighted by Crippen LogP contribution is -2.43. The van der Waals surface area contributed by atoms with Gasteiger partial charge in [-0.3, -0.25) is 14.4 Å². The Labute approximate surface area is 185 Å². The highest BCUT2D eigenvalue weighted by molar-refractivity contribution is 6.11. The summed E-state index contributed by atoms with van der Waals surface area (Å²) in [5, 5.41) is 9.04. The molecule has 4 rings (SSSR count). The first-order chi connectivity index (χ1) is 15.4. The molecular formula is C24H26N4O4. The summed E-state index contributed by atoms with van der Waals surface area (Å²) in [4.78, 5) is 43.4. The van der Waals surface area contributed by atoms with E-state index in [1.54, 1.807) is 0 Å². The second-order valence-electron chi connectivity index (χ2n) is 7.94. The summed E-state index contributed by atoms with van der Waals surface area (Å²) < 4.78 is 2.24. The number of nitrogens with one attached hydrogen (secondary N) is 1. The number of amides is 2. The monoisotopic (exact) mass is 434 g/mol. The molecule has 0 spiro atoms. The van der Waals surface area contributed by atoms with Gasteiger partial charge in [0.05, 0.1) is 18.7 Å². The molecule has 0 aliphatic carbocycles. The Morgan fingerprint density at radius 1 is 1.12 bits per heavy atom. The fraction of sp³-hybridized carbons (Fsp3) is 0.333. The third-order valence-corrected chi connectivity index (χ3v) is 5.76. The first kappa shape index (κ1) is 21.5. The van der Waals surface area contributed by atoms with Crippen LogP contribution in [0, 0.1) is 0 Å². The van der Waals surface area contributed by atoms with E-state index in [-0.39, 0.29) is 37.0 Å². The second kappa shape index (κ2) is 8.82. The van der Waals surface area contributed by atoms with Gasteiger partial charge in [0.1, 0.15) is 18.9 Å². The Hall–Kier alpha value is -3.68. The van der Waals surface area contributed by atoms with Crippen LogP contribution in [0.15, 0.2) is 47.6 Å². The minimum absolute atomic E-state index is 0.168. The normalized spacial score (nSPS) is 17.3. The van der Waals surface area contributed by atoms with E-state index in [0.29, 0.717) is 11.4 Å². The van der Waals surface area contributed by atoms with Crippen molar-refractivity contribution in [1.29, 1.82) is 0 Å². The first-order valence-electron chi connectivity index (χ1n) is 10.6. The summed E-state index contributed by atoms with van der Waals surface area (Å²) in [5.74, 6) is -0.953. The molecule has 2 heterocycles. The molecule has 0 bridgehead atoms. The molecule has 1 atom stereocenters. The smallest absolute Gasteiger partial charge is 0.247 e. The molecule has 166 valence electrons. The van der Waals surface area contributed by atoms with Gasteiger partial charge < -0.3 is 19.6 Å². The maximum Gasteiger partial charge on any atom is 0.247 e. The lowest BCUT2D eigenvalue weighted by atomic mass is 10.1. The molecule has 3 aromatic rings. The van der Waals surface area contributed by atoms with Crippen LogP contribution in [0.4, 0.5) is 5.69 Å². The van der Waals surface area contributed by atoms with Crippen LogP contribution in [0.25, 0.3) is 21.8 Å². The van der Waals surface area contributed by atoms with Crippen molar-refractivity contribution >= 4 is 50.8 Å². The molecule has 1 aliphatic heterocycles. The fourth-order valence-corrected chi connectivity index (χ4v) is 4.41. The number of rotatable bonds is 6. The van der Waals surface area contributed by atoms with Crippen LogP contribution in [0.2, 0.25) is 0 Å². The number of aromatic nitrogens is 1.